The smallest absolute Gasteiger partial charge is 0.186 e. The molecule has 0 spiro atoms. The van der Waals surface area contributed by atoms with Gasteiger partial charge in [0.1, 0.15) is 0 Å². The van der Waals surface area contributed by atoms with E-state index < -0.39 is 0 Å². The number of aryl methyl sites for hydroxylation is 2. The van der Waals surface area contributed by atoms with Gasteiger partial charge in [-0.15, -0.1) is 0 Å². The first-order valence-corrected chi connectivity index (χ1v) is 8.19. The van der Waals surface area contributed by atoms with Crippen molar-refractivity contribution in [2.45, 2.75) is 39.7 Å². The summed E-state index contributed by atoms with van der Waals surface area (Å²) in [4.78, 5) is 24.3. The molecule has 4 nitrogen and oxygen atoms in total. The van der Waals surface area contributed by atoms with Gasteiger partial charge in [-0.05, 0) is 38.8 Å². The van der Waals surface area contributed by atoms with Crippen molar-refractivity contribution in [1.82, 2.24) is 9.97 Å². The standard InChI is InChI=1S/C16H19N3OS/c1-3-19(10-12-7-4-6-11(2)17-12)16-18-13-8-5-9-14(20)15(13)21-16/h4,6-7H,3,5,8-10H2,1-2H3. The molecule has 2 heterocycles. The summed E-state index contributed by atoms with van der Waals surface area (Å²) >= 11 is 1.54. The predicted molar refractivity (Wildman–Crippen MR) is 85.1 cm³/mol. The van der Waals surface area contributed by atoms with Crippen LogP contribution in [0.1, 0.15) is 46.5 Å². The first-order chi connectivity index (χ1) is 10.2. The van der Waals surface area contributed by atoms with Crippen molar-refractivity contribution < 1.29 is 4.79 Å². The van der Waals surface area contributed by atoms with Crippen molar-refractivity contribution in [3.8, 4) is 0 Å². The molecular weight excluding hydrogens is 282 g/mol. The number of pyridine rings is 1. The maximum Gasteiger partial charge on any atom is 0.186 e. The van der Waals surface area contributed by atoms with Crippen LogP contribution in [0, 0.1) is 6.92 Å². The first-order valence-electron chi connectivity index (χ1n) is 7.37. The number of thiazole rings is 1. The summed E-state index contributed by atoms with van der Waals surface area (Å²) in [6, 6.07) is 6.07. The minimum atomic E-state index is 0.254. The molecule has 0 saturated heterocycles. The van der Waals surface area contributed by atoms with E-state index in [9.17, 15) is 4.79 Å². The predicted octanol–water partition coefficient (Wildman–Crippen LogP) is 3.39. The number of carbonyl (C=O) groups is 1. The van der Waals surface area contributed by atoms with Gasteiger partial charge in [-0.1, -0.05) is 17.4 Å². The molecule has 5 heteroatoms. The molecule has 1 aliphatic rings. The van der Waals surface area contributed by atoms with Gasteiger partial charge in [-0.2, -0.15) is 0 Å². The second kappa shape index (κ2) is 5.93. The lowest BCUT2D eigenvalue weighted by atomic mass is 10.0. The third kappa shape index (κ3) is 2.97. The Balaban J connectivity index is 1.85. The first kappa shape index (κ1) is 14.2. The van der Waals surface area contributed by atoms with Crippen molar-refractivity contribution in [1.29, 1.82) is 0 Å². The van der Waals surface area contributed by atoms with E-state index in [0.29, 0.717) is 6.42 Å². The Kier molecular flexibility index (Phi) is 4.01. The number of nitrogens with zero attached hydrogens (tertiary/aromatic N) is 3. The maximum absolute atomic E-state index is 12.0. The number of aromatic nitrogens is 2. The van der Waals surface area contributed by atoms with Crippen molar-refractivity contribution in [2.75, 3.05) is 11.4 Å². The molecule has 0 aliphatic heterocycles. The van der Waals surface area contributed by atoms with Crippen LogP contribution < -0.4 is 4.90 Å². The molecule has 3 rings (SSSR count). The summed E-state index contributed by atoms with van der Waals surface area (Å²) in [6.07, 6.45) is 2.53. The molecule has 0 radical (unpaired) electrons. The lowest BCUT2D eigenvalue weighted by Crippen LogP contribution is -2.22. The van der Waals surface area contributed by atoms with Crippen LogP contribution in [0.3, 0.4) is 0 Å². The Hall–Kier alpha value is -1.75. The fraction of sp³-hybridized carbons (Fsp3) is 0.438. The van der Waals surface area contributed by atoms with Crippen LogP contribution in [0.4, 0.5) is 5.13 Å². The second-order valence-electron chi connectivity index (χ2n) is 5.33. The van der Waals surface area contributed by atoms with Crippen LogP contribution in [0.15, 0.2) is 18.2 Å². The average molecular weight is 301 g/mol. The van der Waals surface area contributed by atoms with Gasteiger partial charge in [0.2, 0.25) is 0 Å². The summed E-state index contributed by atoms with van der Waals surface area (Å²) in [5.41, 5.74) is 3.05. The van der Waals surface area contributed by atoms with Gasteiger partial charge in [0.05, 0.1) is 22.8 Å². The number of hydrogen-bond acceptors (Lipinski definition) is 5. The quantitative estimate of drug-likeness (QED) is 0.868. The molecule has 0 unspecified atom stereocenters. The van der Waals surface area contributed by atoms with E-state index in [1.54, 1.807) is 0 Å². The van der Waals surface area contributed by atoms with E-state index in [1.807, 2.05) is 25.1 Å². The molecule has 0 saturated carbocycles. The number of Topliss-reactive ketones (excluding diaryl/α,β-unsaturated/α-hetero) is 1. The van der Waals surface area contributed by atoms with E-state index in [1.165, 1.54) is 11.3 Å². The molecule has 2 aromatic rings. The zero-order valence-electron chi connectivity index (χ0n) is 12.4. The van der Waals surface area contributed by atoms with Crippen LogP contribution in [0.2, 0.25) is 0 Å². The number of ketones is 1. The highest BCUT2D eigenvalue weighted by atomic mass is 32.1. The molecule has 0 bridgehead atoms. The van der Waals surface area contributed by atoms with Crippen LogP contribution in [0.5, 0.6) is 0 Å². The van der Waals surface area contributed by atoms with Gasteiger partial charge in [0, 0.05) is 18.7 Å². The van der Waals surface area contributed by atoms with Gasteiger partial charge in [-0.3, -0.25) is 9.78 Å². The Morgan fingerprint density at radius 3 is 2.86 bits per heavy atom. The number of fused-ring (bicyclic) bond motifs is 1. The highest BCUT2D eigenvalue weighted by Gasteiger charge is 2.24. The third-order valence-corrected chi connectivity index (χ3v) is 4.91. The molecule has 0 amide bonds. The normalized spacial score (nSPS) is 14.1. The Morgan fingerprint density at radius 2 is 2.14 bits per heavy atom. The van der Waals surface area contributed by atoms with E-state index in [2.05, 4.69) is 21.8 Å². The van der Waals surface area contributed by atoms with Gasteiger partial charge >= 0.3 is 0 Å². The van der Waals surface area contributed by atoms with Gasteiger partial charge in [0.15, 0.2) is 10.9 Å². The summed E-state index contributed by atoms with van der Waals surface area (Å²) < 4.78 is 0. The number of hydrogen-bond donors (Lipinski definition) is 0. The van der Waals surface area contributed by atoms with Crippen molar-refractivity contribution in [3.63, 3.8) is 0 Å². The minimum Gasteiger partial charge on any atom is -0.342 e. The SMILES string of the molecule is CCN(Cc1cccc(C)n1)c1nc2c(s1)C(=O)CCC2. The lowest BCUT2D eigenvalue weighted by molar-refractivity contribution is 0.0976. The highest BCUT2D eigenvalue weighted by Crippen LogP contribution is 2.32. The summed E-state index contributed by atoms with van der Waals surface area (Å²) in [5, 5.41) is 0.945. The van der Waals surface area contributed by atoms with E-state index in [-0.39, 0.29) is 5.78 Å². The fourth-order valence-corrected chi connectivity index (χ4v) is 3.73. The highest BCUT2D eigenvalue weighted by molar-refractivity contribution is 7.17. The van der Waals surface area contributed by atoms with Crippen LogP contribution >= 0.6 is 11.3 Å². The van der Waals surface area contributed by atoms with Crippen molar-refractivity contribution >= 4 is 22.3 Å². The van der Waals surface area contributed by atoms with Crippen LogP contribution in [-0.4, -0.2) is 22.3 Å². The zero-order valence-corrected chi connectivity index (χ0v) is 13.2. The number of carbonyl (C=O) groups excluding carboxylic acids is 1. The molecule has 2 aromatic heterocycles. The monoisotopic (exact) mass is 301 g/mol. The van der Waals surface area contributed by atoms with Gasteiger partial charge < -0.3 is 4.90 Å². The van der Waals surface area contributed by atoms with E-state index in [4.69, 9.17) is 0 Å². The molecule has 1 aliphatic carbocycles. The molecule has 0 aromatic carbocycles. The molecule has 21 heavy (non-hydrogen) atoms. The maximum atomic E-state index is 12.0. The van der Waals surface area contributed by atoms with Crippen LogP contribution in [0.25, 0.3) is 0 Å². The summed E-state index contributed by atoms with van der Waals surface area (Å²) in [5.74, 6) is 0.254. The average Bonchev–Trinajstić information content (AvgIpc) is 2.90. The van der Waals surface area contributed by atoms with Gasteiger partial charge in [0.25, 0.3) is 0 Å². The lowest BCUT2D eigenvalue weighted by Gasteiger charge is -2.19. The minimum absolute atomic E-state index is 0.254. The molecule has 110 valence electrons. The number of anilines is 1. The zero-order chi connectivity index (χ0) is 14.8. The van der Waals surface area contributed by atoms with Crippen molar-refractivity contribution in [2.24, 2.45) is 0 Å². The summed E-state index contributed by atoms with van der Waals surface area (Å²) in [6.45, 7) is 5.70. The molecule has 0 N–H and O–H groups in total. The largest absolute Gasteiger partial charge is 0.342 e. The Labute approximate surface area is 128 Å². The van der Waals surface area contributed by atoms with Gasteiger partial charge in [-0.25, -0.2) is 4.98 Å². The molecule has 0 atom stereocenters. The van der Waals surface area contributed by atoms with Crippen LogP contribution in [-0.2, 0) is 13.0 Å². The number of rotatable bonds is 4. The third-order valence-electron chi connectivity index (χ3n) is 3.71. The second-order valence-corrected chi connectivity index (χ2v) is 6.31. The Bertz CT molecular complexity index is 665. The van der Waals surface area contributed by atoms with E-state index in [0.717, 1.165) is 53.0 Å². The van der Waals surface area contributed by atoms with E-state index >= 15 is 0 Å². The Morgan fingerprint density at radius 1 is 1.29 bits per heavy atom. The summed E-state index contributed by atoms with van der Waals surface area (Å²) in [7, 11) is 0. The van der Waals surface area contributed by atoms with Crippen molar-refractivity contribution in [3.05, 3.63) is 40.2 Å². The topological polar surface area (TPSA) is 46.1 Å². The molecular formula is C16H19N3OS. The molecule has 0 fully saturated rings. The fourth-order valence-electron chi connectivity index (χ4n) is 2.59.